The molecule has 4 rings (SSSR count). The lowest BCUT2D eigenvalue weighted by atomic mass is 9.80. The molecule has 2 aromatic rings. The third-order valence-electron chi connectivity index (χ3n) is 6.00. The molecule has 0 bridgehead atoms. The van der Waals surface area contributed by atoms with Crippen molar-refractivity contribution in [3.8, 4) is 5.75 Å². The minimum Gasteiger partial charge on any atom is -0.496 e. The van der Waals surface area contributed by atoms with Crippen molar-refractivity contribution in [1.29, 1.82) is 0 Å². The maximum Gasteiger partial charge on any atom is 0.255 e. The van der Waals surface area contributed by atoms with Crippen LogP contribution in [0.1, 0.15) is 42.5 Å². The van der Waals surface area contributed by atoms with Gasteiger partial charge in [0.15, 0.2) is 0 Å². The molecule has 1 amide bonds. The highest BCUT2D eigenvalue weighted by Crippen LogP contribution is 2.45. The van der Waals surface area contributed by atoms with Crippen molar-refractivity contribution in [3.63, 3.8) is 0 Å². The van der Waals surface area contributed by atoms with Crippen molar-refractivity contribution in [3.05, 3.63) is 29.1 Å². The summed E-state index contributed by atoms with van der Waals surface area (Å²) in [6, 6.07) is 5.61. The molecule has 0 radical (unpaired) electrons. The summed E-state index contributed by atoms with van der Waals surface area (Å²) in [5.41, 5.74) is 0.584. The van der Waals surface area contributed by atoms with E-state index in [1.807, 2.05) is 23.6 Å². The fraction of sp³-hybridized carbons (Fsp3) is 0.550. The molecule has 140 valence electrons. The Kier molecular flexibility index (Phi) is 4.67. The Morgan fingerprint density at radius 3 is 2.73 bits per heavy atom. The first-order valence-electron chi connectivity index (χ1n) is 9.23. The lowest BCUT2D eigenvalue weighted by Gasteiger charge is -2.33. The Balaban J connectivity index is 1.70. The zero-order valence-corrected chi connectivity index (χ0v) is 15.8. The number of likely N-dealkylation sites (tertiary alicyclic amines) is 1. The first kappa shape index (κ1) is 17.8. The molecule has 2 heterocycles. The molecule has 5 nitrogen and oxygen atoms in total. The molecule has 1 aromatic carbocycles. The van der Waals surface area contributed by atoms with Crippen molar-refractivity contribution >= 4 is 27.3 Å². The van der Waals surface area contributed by atoms with E-state index in [2.05, 4.69) is 0 Å². The van der Waals surface area contributed by atoms with Gasteiger partial charge in [0.05, 0.1) is 29.6 Å². The summed E-state index contributed by atoms with van der Waals surface area (Å²) in [6.07, 6.45) is 3.20. The molecule has 1 aliphatic carbocycles. The Labute approximate surface area is 157 Å². The van der Waals surface area contributed by atoms with Crippen molar-refractivity contribution in [1.82, 2.24) is 4.90 Å². The number of fused-ring (bicyclic) bond motifs is 1. The van der Waals surface area contributed by atoms with E-state index >= 15 is 0 Å². The Morgan fingerprint density at radius 1 is 1.23 bits per heavy atom. The van der Waals surface area contributed by atoms with Crippen LogP contribution in [0.2, 0.25) is 0 Å². The van der Waals surface area contributed by atoms with Gasteiger partial charge in [0.25, 0.3) is 5.91 Å². The number of carbonyl (C=O) groups excluding carboxylic acids is 1. The molecule has 1 spiro atoms. The topological polar surface area (TPSA) is 70.0 Å². The van der Waals surface area contributed by atoms with Crippen LogP contribution < -0.4 is 4.74 Å². The normalized spacial score (nSPS) is 25.6. The molecular formula is C20H25NO4S. The highest BCUT2D eigenvalue weighted by molar-refractivity contribution is 7.17. The van der Waals surface area contributed by atoms with Gasteiger partial charge in [0, 0.05) is 18.5 Å². The van der Waals surface area contributed by atoms with Gasteiger partial charge in [-0.2, -0.15) is 0 Å². The standard InChI is InChI=1S/C20H25NO4S/c1-25-17-5-4-14(18-13(17)6-9-26-18)19(24)21-11-16(23)15(22)10-20(12-21)7-2-3-8-20/h4-6,9,15-16,22-23H,2-3,7-8,10-12H2,1H3/t15-,16+/m0/s1. The van der Waals surface area contributed by atoms with E-state index in [1.165, 1.54) is 11.3 Å². The third-order valence-corrected chi connectivity index (χ3v) is 6.95. The Hall–Kier alpha value is -1.63. The number of benzene rings is 1. The van der Waals surface area contributed by atoms with Crippen LogP contribution >= 0.6 is 11.3 Å². The Morgan fingerprint density at radius 2 is 2.00 bits per heavy atom. The van der Waals surface area contributed by atoms with E-state index in [0.29, 0.717) is 18.5 Å². The predicted octanol–water partition coefficient (Wildman–Crippen LogP) is 3.04. The van der Waals surface area contributed by atoms with Crippen LogP contribution in [-0.2, 0) is 0 Å². The van der Waals surface area contributed by atoms with Gasteiger partial charge in [-0.3, -0.25) is 4.79 Å². The SMILES string of the molecule is COc1ccc(C(=O)N2C[C@@H](O)[C@@H](O)CC3(CCCC3)C2)c2sccc12. The first-order chi connectivity index (χ1) is 12.5. The number of methoxy groups -OCH3 is 1. The van der Waals surface area contributed by atoms with Crippen LogP contribution in [-0.4, -0.2) is 53.4 Å². The molecule has 2 N–H and O–H groups in total. The minimum atomic E-state index is -0.893. The molecule has 1 saturated carbocycles. The number of aliphatic hydroxyl groups excluding tert-OH is 2. The van der Waals surface area contributed by atoms with Gasteiger partial charge in [-0.25, -0.2) is 0 Å². The quantitative estimate of drug-likeness (QED) is 0.846. The second kappa shape index (κ2) is 6.83. The zero-order valence-electron chi connectivity index (χ0n) is 15.0. The molecular weight excluding hydrogens is 350 g/mol. The van der Waals surface area contributed by atoms with E-state index in [4.69, 9.17) is 4.74 Å². The zero-order chi connectivity index (χ0) is 18.3. The number of rotatable bonds is 2. The smallest absolute Gasteiger partial charge is 0.255 e. The van der Waals surface area contributed by atoms with Gasteiger partial charge in [-0.05, 0) is 48.3 Å². The van der Waals surface area contributed by atoms with E-state index in [0.717, 1.165) is 41.5 Å². The Bertz CT molecular complexity index is 811. The lowest BCUT2D eigenvalue weighted by Crippen LogP contribution is -2.41. The number of aliphatic hydroxyl groups is 2. The largest absolute Gasteiger partial charge is 0.496 e. The number of hydrogen-bond donors (Lipinski definition) is 2. The van der Waals surface area contributed by atoms with Crippen LogP contribution in [0.3, 0.4) is 0 Å². The van der Waals surface area contributed by atoms with Gasteiger partial charge in [-0.1, -0.05) is 12.8 Å². The number of amides is 1. The highest BCUT2D eigenvalue weighted by Gasteiger charge is 2.43. The number of hydrogen-bond acceptors (Lipinski definition) is 5. The molecule has 1 saturated heterocycles. The van der Waals surface area contributed by atoms with Crippen molar-refractivity contribution in [2.75, 3.05) is 20.2 Å². The maximum absolute atomic E-state index is 13.4. The van der Waals surface area contributed by atoms with Gasteiger partial charge in [0.2, 0.25) is 0 Å². The van der Waals surface area contributed by atoms with Crippen molar-refractivity contribution < 1.29 is 19.7 Å². The molecule has 0 unspecified atom stereocenters. The molecule has 2 atom stereocenters. The maximum atomic E-state index is 13.4. The van der Waals surface area contributed by atoms with E-state index < -0.39 is 12.2 Å². The second-order valence-corrected chi connectivity index (χ2v) is 8.63. The molecule has 2 fully saturated rings. The summed E-state index contributed by atoms with van der Waals surface area (Å²) in [6.45, 7) is 0.791. The molecule has 1 aromatic heterocycles. The third kappa shape index (κ3) is 3.00. The fourth-order valence-corrected chi connectivity index (χ4v) is 5.57. The fourth-order valence-electron chi connectivity index (χ4n) is 4.66. The van der Waals surface area contributed by atoms with Crippen LogP contribution in [0.15, 0.2) is 23.6 Å². The number of β-amino-alcohol motifs (C(OH)–C–C–N with tert-alkyl or cyclic N) is 1. The average Bonchev–Trinajstić information content (AvgIpc) is 3.26. The van der Waals surface area contributed by atoms with Crippen molar-refractivity contribution in [2.45, 2.75) is 44.3 Å². The summed E-state index contributed by atoms with van der Waals surface area (Å²) < 4.78 is 6.31. The molecule has 2 aliphatic rings. The summed E-state index contributed by atoms with van der Waals surface area (Å²) in [4.78, 5) is 15.1. The van der Waals surface area contributed by atoms with Crippen LogP contribution in [0.25, 0.3) is 10.1 Å². The molecule has 6 heteroatoms. The number of nitrogens with zero attached hydrogens (tertiary/aromatic N) is 1. The van der Waals surface area contributed by atoms with E-state index in [-0.39, 0.29) is 17.9 Å². The number of ether oxygens (including phenoxy) is 1. The molecule has 26 heavy (non-hydrogen) atoms. The summed E-state index contributed by atoms with van der Waals surface area (Å²) in [5, 5.41) is 23.6. The minimum absolute atomic E-state index is 0.0619. The van der Waals surface area contributed by atoms with Gasteiger partial charge < -0.3 is 19.8 Å². The van der Waals surface area contributed by atoms with Gasteiger partial charge in [-0.15, -0.1) is 11.3 Å². The van der Waals surface area contributed by atoms with Crippen LogP contribution in [0, 0.1) is 5.41 Å². The van der Waals surface area contributed by atoms with Crippen LogP contribution in [0.5, 0.6) is 5.75 Å². The number of thiophene rings is 1. The van der Waals surface area contributed by atoms with Crippen molar-refractivity contribution in [2.24, 2.45) is 5.41 Å². The lowest BCUT2D eigenvalue weighted by molar-refractivity contribution is 0.00162. The summed E-state index contributed by atoms with van der Waals surface area (Å²) in [7, 11) is 1.63. The second-order valence-electron chi connectivity index (χ2n) is 7.71. The highest BCUT2D eigenvalue weighted by atomic mass is 32.1. The van der Waals surface area contributed by atoms with Crippen LogP contribution in [0.4, 0.5) is 0 Å². The van der Waals surface area contributed by atoms with E-state index in [9.17, 15) is 15.0 Å². The van der Waals surface area contributed by atoms with E-state index in [1.54, 1.807) is 12.0 Å². The predicted molar refractivity (Wildman–Crippen MR) is 102 cm³/mol. The average molecular weight is 375 g/mol. The number of carbonyl (C=O) groups is 1. The molecule has 1 aliphatic heterocycles. The van der Waals surface area contributed by atoms with Gasteiger partial charge in [0.1, 0.15) is 5.75 Å². The van der Waals surface area contributed by atoms with Gasteiger partial charge >= 0.3 is 0 Å². The summed E-state index contributed by atoms with van der Waals surface area (Å²) in [5.74, 6) is 0.691. The first-order valence-corrected chi connectivity index (χ1v) is 10.1. The monoisotopic (exact) mass is 375 g/mol. The summed E-state index contributed by atoms with van der Waals surface area (Å²) >= 11 is 1.53.